The van der Waals surface area contributed by atoms with Crippen LogP contribution in [0, 0.1) is 11.6 Å². The van der Waals surface area contributed by atoms with Crippen molar-refractivity contribution in [3.05, 3.63) is 57.9 Å². The molecule has 1 N–H and O–H groups in total. The van der Waals surface area contributed by atoms with E-state index in [0.717, 1.165) is 16.8 Å². The molecule has 0 fully saturated rings. The second-order valence-electron chi connectivity index (χ2n) is 4.49. The highest BCUT2D eigenvalue weighted by atomic mass is 32.1. The van der Waals surface area contributed by atoms with Gasteiger partial charge >= 0.3 is 5.76 Å². The van der Waals surface area contributed by atoms with Gasteiger partial charge in [-0.3, -0.25) is 4.79 Å². The highest BCUT2D eigenvalue weighted by Gasteiger charge is 2.14. The van der Waals surface area contributed by atoms with Crippen molar-refractivity contribution >= 4 is 22.9 Å². The first-order chi connectivity index (χ1) is 11.0. The second kappa shape index (κ2) is 6.13. The average Bonchev–Trinajstić information content (AvgIpc) is 3.13. The zero-order chi connectivity index (χ0) is 16.4. The zero-order valence-corrected chi connectivity index (χ0v) is 12.3. The van der Waals surface area contributed by atoms with Crippen LogP contribution in [-0.4, -0.2) is 15.7 Å². The van der Waals surface area contributed by atoms with Crippen LogP contribution in [0.3, 0.4) is 0 Å². The van der Waals surface area contributed by atoms with Gasteiger partial charge in [0.15, 0.2) is 11.6 Å². The van der Waals surface area contributed by atoms with Gasteiger partial charge in [-0.25, -0.2) is 13.6 Å². The second-order valence-corrected chi connectivity index (χ2v) is 5.43. The van der Waals surface area contributed by atoms with Gasteiger partial charge in [-0.15, -0.1) is 16.4 Å². The number of anilines is 1. The molecule has 118 valence electrons. The molecule has 2 aromatic heterocycles. The molecule has 2 heterocycles. The monoisotopic (exact) mass is 337 g/mol. The van der Waals surface area contributed by atoms with Crippen LogP contribution in [0.2, 0.25) is 0 Å². The molecule has 1 aromatic carbocycles. The summed E-state index contributed by atoms with van der Waals surface area (Å²) in [6.45, 7) is -0.410. The number of hydrogen-bond donors (Lipinski definition) is 1. The molecule has 0 saturated heterocycles. The maximum Gasteiger partial charge on any atom is 0.437 e. The summed E-state index contributed by atoms with van der Waals surface area (Å²) in [6.07, 6.45) is 0. The summed E-state index contributed by atoms with van der Waals surface area (Å²) in [5, 5.41) is 8.06. The molecule has 0 atom stereocenters. The minimum atomic E-state index is -1.08. The summed E-state index contributed by atoms with van der Waals surface area (Å²) in [4.78, 5) is 24.2. The molecule has 9 heteroatoms. The van der Waals surface area contributed by atoms with Crippen LogP contribution in [0.15, 0.2) is 44.9 Å². The van der Waals surface area contributed by atoms with Crippen molar-refractivity contribution < 1.29 is 18.0 Å². The number of nitrogens with one attached hydrogen (secondary N) is 1. The van der Waals surface area contributed by atoms with Crippen molar-refractivity contribution in [1.29, 1.82) is 0 Å². The van der Waals surface area contributed by atoms with E-state index in [9.17, 15) is 18.4 Å². The summed E-state index contributed by atoms with van der Waals surface area (Å²) in [5.41, 5.74) is 0.0731. The number of carbonyl (C=O) groups is 1. The average molecular weight is 337 g/mol. The Morgan fingerprint density at radius 1 is 1.30 bits per heavy atom. The minimum absolute atomic E-state index is 0.0731. The van der Waals surface area contributed by atoms with Gasteiger partial charge in [-0.2, -0.15) is 4.68 Å². The van der Waals surface area contributed by atoms with E-state index in [4.69, 9.17) is 4.42 Å². The van der Waals surface area contributed by atoms with E-state index in [-0.39, 0.29) is 11.6 Å². The zero-order valence-electron chi connectivity index (χ0n) is 11.5. The third-order valence-corrected chi connectivity index (χ3v) is 3.69. The van der Waals surface area contributed by atoms with Gasteiger partial charge in [0.2, 0.25) is 5.91 Å². The molecule has 0 saturated carbocycles. The highest BCUT2D eigenvalue weighted by molar-refractivity contribution is 7.13. The summed E-state index contributed by atoms with van der Waals surface area (Å²) >= 11 is 1.34. The lowest BCUT2D eigenvalue weighted by Crippen LogP contribution is -2.25. The van der Waals surface area contributed by atoms with Crippen LogP contribution in [0.4, 0.5) is 14.5 Å². The number of aromatic nitrogens is 2. The van der Waals surface area contributed by atoms with E-state index in [1.807, 2.05) is 0 Å². The number of hydrogen-bond acceptors (Lipinski definition) is 5. The number of benzene rings is 1. The number of rotatable bonds is 4. The molecule has 6 nitrogen and oxygen atoms in total. The lowest BCUT2D eigenvalue weighted by atomic mass is 10.3. The van der Waals surface area contributed by atoms with Crippen molar-refractivity contribution in [3.63, 3.8) is 0 Å². The maximum atomic E-state index is 13.1. The fourth-order valence-electron chi connectivity index (χ4n) is 1.82. The van der Waals surface area contributed by atoms with Crippen LogP contribution in [0.5, 0.6) is 0 Å². The molecule has 0 aliphatic heterocycles. The Balaban J connectivity index is 1.73. The molecule has 0 aliphatic rings. The van der Waals surface area contributed by atoms with Crippen molar-refractivity contribution in [1.82, 2.24) is 9.78 Å². The summed E-state index contributed by atoms with van der Waals surface area (Å²) in [7, 11) is 0. The topological polar surface area (TPSA) is 77.1 Å². The minimum Gasteiger partial charge on any atom is -0.387 e. The molecule has 23 heavy (non-hydrogen) atoms. The van der Waals surface area contributed by atoms with E-state index in [0.29, 0.717) is 4.88 Å². The Kier molecular flexibility index (Phi) is 4.02. The molecule has 3 rings (SSSR count). The number of nitrogens with zero attached hydrogens (tertiary/aromatic N) is 2. The van der Waals surface area contributed by atoms with Crippen molar-refractivity contribution in [3.8, 4) is 10.8 Å². The normalized spacial score (nSPS) is 10.7. The lowest BCUT2D eigenvalue weighted by Gasteiger charge is -2.04. The van der Waals surface area contributed by atoms with Gasteiger partial charge < -0.3 is 9.73 Å². The molecule has 1 amide bonds. The predicted molar refractivity (Wildman–Crippen MR) is 79.1 cm³/mol. The third-order valence-electron chi connectivity index (χ3n) is 2.83. The van der Waals surface area contributed by atoms with Crippen LogP contribution in [-0.2, 0) is 11.3 Å². The summed E-state index contributed by atoms with van der Waals surface area (Å²) in [6, 6.07) is 6.44. The fourth-order valence-corrected chi connectivity index (χ4v) is 2.46. The Morgan fingerprint density at radius 2 is 2.13 bits per heavy atom. The van der Waals surface area contributed by atoms with Crippen molar-refractivity contribution in [2.24, 2.45) is 0 Å². The first-order valence-corrected chi connectivity index (χ1v) is 7.27. The van der Waals surface area contributed by atoms with Gasteiger partial charge in [-0.05, 0) is 23.6 Å². The summed E-state index contributed by atoms with van der Waals surface area (Å²) in [5.74, 6) is -3.39. The molecule has 0 bridgehead atoms. The first kappa shape index (κ1) is 15.1. The molecule has 0 aliphatic carbocycles. The Morgan fingerprint density at radius 3 is 2.83 bits per heavy atom. The Labute approximate surface area is 132 Å². The van der Waals surface area contributed by atoms with Gasteiger partial charge in [-0.1, -0.05) is 6.07 Å². The lowest BCUT2D eigenvalue weighted by molar-refractivity contribution is -0.117. The van der Waals surface area contributed by atoms with E-state index in [1.54, 1.807) is 17.5 Å². The molecule has 3 aromatic rings. The summed E-state index contributed by atoms with van der Waals surface area (Å²) < 4.78 is 31.7. The Bertz CT molecular complexity index is 902. The van der Waals surface area contributed by atoms with E-state index >= 15 is 0 Å². The number of halogens is 2. The van der Waals surface area contributed by atoms with E-state index < -0.39 is 29.8 Å². The van der Waals surface area contributed by atoms with Gasteiger partial charge in [0.05, 0.1) is 4.88 Å². The quantitative estimate of drug-likeness (QED) is 0.793. The first-order valence-electron chi connectivity index (χ1n) is 6.39. The van der Waals surface area contributed by atoms with Crippen molar-refractivity contribution in [2.75, 3.05) is 5.32 Å². The standard InChI is InChI=1S/C14H9F2N3O3S/c15-9-4-3-8(6-10(9)16)17-12(20)7-19-14(21)22-13(18-19)11-2-1-5-23-11/h1-6H,7H2,(H,17,20). The van der Waals surface area contributed by atoms with E-state index in [1.165, 1.54) is 17.4 Å². The molecule has 0 unspecified atom stereocenters. The molecule has 0 spiro atoms. The van der Waals surface area contributed by atoms with Crippen LogP contribution < -0.4 is 11.1 Å². The molecule has 0 radical (unpaired) electrons. The van der Waals surface area contributed by atoms with E-state index in [2.05, 4.69) is 10.4 Å². The SMILES string of the molecule is O=C(Cn1nc(-c2cccs2)oc1=O)Nc1ccc(F)c(F)c1. The van der Waals surface area contributed by atoms with Crippen LogP contribution in [0.25, 0.3) is 10.8 Å². The van der Waals surface area contributed by atoms with Gasteiger partial charge in [0, 0.05) is 11.8 Å². The largest absolute Gasteiger partial charge is 0.437 e. The van der Waals surface area contributed by atoms with Crippen molar-refractivity contribution in [2.45, 2.75) is 6.54 Å². The number of carbonyl (C=O) groups excluding carboxylic acids is 1. The van der Waals surface area contributed by atoms with Crippen LogP contribution in [0.1, 0.15) is 0 Å². The Hall–Kier alpha value is -2.81. The maximum absolute atomic E-state index is 13.1. The number of amides is 1. The smallest absolute Gasteiger partial charge is 0.387 e. The highest BCUT2D eigenvalue weighted by Crippen LogP contribution is 2.21. The predicted octanol–water partition coefficient (Wildman–Crippen LogP) is 2.48. The van der Waals surface area contributed by atoms with Gasteiger partial charge in [0.25, 0.3) is 5.89 Å². The third kappa shape index (κ3) is 3.34. The fraction of sp³-hybridized carbons (Fsp3) is 0.0714. The molecular weight excluding hydrogens is 328 g/mol. The molecular formula is C14H9F2N3O3S. The van der Waals surface area contributed by atoms with Gasteiger partial charge in [0.1, 0.15) is 6.54 Å². The number of thiophene rings is 1. The van der Waals surface area contributed by atoms with Crippen LogP contribution >= 0.6 is 11.3 Å².